The van der Waals surface area contributed by atoms with Crippen molar-refractivity contribution in [2.24, 2.45) is 0 Å². The molecule has 4 heteroatoms. The lowest BCUT2D eigenvalue weighted by Gasteiger charge is -2.28. The summed E-state index contributed by atoms with van der Waals surface area (Å²) in [5.74, 6) is 0.198. The first-order valence-electron chi connectivity index (χ1n) is 6.11. The van der Waals surface area contributed by atoms with E-state index in [-0.39, 0.29) is 11.9 Å². The fourth-order valence-electron chi connectivity index (χ4n) is 2.35. The molecule has 0 spiro atoms. The molecular weight excluding hydrogens is 190 g/mol. The number of piperidine rings is 2. The molecule has 86 valence electrons. The average Bonchev–Trinajstić information content (AvgIpc) is 2.31. The van der Waals surface area contributed by atoms with Crippen molar-refractivity contribution in [3.05, 3.63) is 0 Å². The number of hydrogen-bond acceptors (Lipinski definition) is 3. The van der Waals surface area contributed by atoms with Crippen LogP contribution < -0.4 is 16.0 Å². The highest BCUT2D eigenvalue weighted by atomic mass is 16.2. The Labute approximate surface area is 91.2 Å². The van der Waals surface area contributed by atoms with E-state index in [1.54, 1.807) is 0 Å². The smallest absolute Gasteiger partial charge is 0.237 e. The van der Waals surface area contributed by atoms with E-state index in [4.69, 9.17) is 0 Å². The lowest BCUT2D eigenvalue weighted by molar-refractivity contribution is -0.124. The zero-order valence-electron chi connectivity index (χ0n) is 9.22. The summed E-state index contributed by atoms with van der Waals surface area (Å²) in [5.41, 5.74) is 0. The van der Waals surface area contributed by atoms with Crippen molar-refractivity contribution in [1.82, 2.24) is 16.0 Å². The largest absolute Gasteiger partial charge is 0.351 e. The molecule has 0 aromatic heterocycles. The van der Waals surface area contributed by atoms with Crippen LogP contribution in [0.5, 0.6) is 0 Å². The molecule has 0 bridgehead atoms. The summed E-state index contributed by atoms with van der Waals surface area (Å²) < 4.78 is 0. The van der Waals surface area contributed by atoms with Crippen molar-refractivity contribution < 1.29 is 4.79 Å². The molecular formula is C11H21N3O. The van der Waals surface area contributed by atoms with E-state index in [2.05, 4.69) is 16.0 Å². The van der Waals surface area contributed by atoms with Gasteiger partial charge in [0.2, 0.25) is 5.91 Å². The Bertz CT molecular complexity index is 208. The number of hydrogen-bond donors (Lipinski definition) is 3. The Balaban J connectivity index is 1.74. The molecule has 0 radical (unpaired) electrons. The summed E-state index contributed by atoms with van der Waals surface area (Å²) in [6, 6.07) is 0.399. The van der Waals surface area contributed by atoms with Crippen molar-refractivity contribution in [2.45, 2.75) is 44.2 Å². The predicted molar refractivity (Wildman–Crippen MR) is 59.7 cm³/mol. The monoisotopic (exact) mass is 211 g/mol. The third-order valence-corrected chi connectivity index (χ3v) is 3.27. The van der Waals surface area contributed by atoms with Crippen LogP contribution in [0.2, 0.25) is 0 Å². The normalized spacial score (nSPS) is 32.3. The lowest BCUT2D eigenvalue weighted by Crippen LogP contribution is -2.53. The van der Waals surface area contributed by atoms with Gasteiger partial charge in [0.05, 0.1) is 6.04 Å². The van der Waals surface area contributed by atoms with Gasteiger partial charge in [-0.15, -0.1) is 0 Å². The van der Waals surface area contributed by atoms with Gasteiger partial charge in [-0.1, -0.05) is 6.42 Å². The highest BCUT2D eigenvalue weighted by Gasteiger charge is 2.23. The van der Waals surface area contributed by atoms with E-state index in [9.17, 15) is 4.79 Å². The molecule has 4 nitrogen and oxygen atoms in total. The van der Waals surface area contributed by atoms with E-state index >= 15 is 0 Å². The number of amides is 1. The fourth-order valence-corrected chi connectivity index (χ4v) is 2.35. The minimum absolute atomic E-state index is 0.0562. The number of carbonyl (C=O) groups excluding carboxylic acids is 1. The third-order valence-electron chi connectivity index (χ3n) is 3.27. The summed E-state index contributed by atoms with van der Waals surface area (Å²) in [4.78, 5) is 11.9. The first-order chi connectivity index (χ1) is 7.36. The fraction of sp³-hybridized carbons (Fsp3) is 0.909. The van der Waals surface area contributed by atoms with Gasteiger partial charge in [-0.05, 0) is 38.8 Å². The van der Waals surface area contributed by atoms with E-state index < -0.39 is 0 Å². The van der Waals surface area contributed by atoms with Crippen molar-refractivity contribution in [3.63, 3.8) is 0 Å². The minimum Gasteiger partial charge on any atom is -0.351 e. The highest BCUT2D eigenvalue weighted by molar-refractivity contribution is 5.82. The molecule has 2 aliphatic rings. The van der Waals surface area contributed by atoms with Crippen molar-refractivity contribution in [2.75, 3.05) is 19.6 Å². The van der Waals surface area contributed by atoms with E-state index in [1.165, 1.54) is 19.3 Å². The molecule has 3 N–H and O–H groups in total. The Morgan fingerprint density at radius 1 is 1.13 bits per heavy atom. The molecule has 0 aromatic carbocycles. The van der Waals surface area contributed by atoms with Gasteiger partial charge in [0.25, 0.3) is 0 Å². The topological polar surface area (TPSA) is 53.2 Å². The molecule has 2 rings (SSSR count). The second-order valence-corrected chi connectivity index (χ2v) is 4.55. The maximum Gasteiger partial charge on any atom is 0.237 e. The Hall–Kier alpha value is -0.610. The van der Waals surface area contributed by atoms with E-state index in [1.807, 2.05) is 0 Å². The molecule has 0 aliphatic carbocycles. The molecule has 2 unspecified atom stereocenters. The van der Waals surface area contributed by atoms with Crippen LogP contribution in [-0.2, 0) is 4.79 Å². The molecule has 2 atom stereocenters. The van der Waals surface area contributed by atoms with Gasteiger partial charge in [0.15, 0.2) is 0 Å². The quantitative estimate of drug-likeness (QED) is 0.602. The molecule has 2 aliphatic heterocycles. The predicted octanol–water partition coefficient (Wildman–Crippen LogP) is -0.00330. The number of carbonyl (C=O) groups is 1. The highest BCUT2D eigenvalue weighted by Crippen LogP contribution is 2.08. The Morgan fingerprint density at radius 3 is 2.73 bits per heavy atom. The van der Waals surface area contributed by atoms with Crippen molar-refractivity contribution in [3.8, 4) is 0 Å². The van der Waals surface area contributed by atoms with Crippen molar-refractivity contribution >= 4 is 5.91 Å². The number of rotatable bonds is 2. The van der Waals surface area contributed by atoms with Gasteiger partial charge < -0.3 is 16.0 Å². The first-order valence-corrected chi connectivity index (χ1v) is 6.11. The van der Waals surface area contributed by atoms with Crippen LogP contribution >= 0.6 is 0 Å². The van der Waals surface area contributed by atoms with Crippen LogP contribution in [0.4, 0.5) is 0 Å². The second-order valence-electron chi connectivity index (χ2n) is 4.55. The SMILES string of the molecule is O=C(NC1CCCNC1)C1CCCCN1. The first kappa shape index (κ1) is 10.9. The molecule has 0 aromatic rings. The van der Waals surface area contributed by atoms with Crippen molar-refractivity contribution in [1.29, 1.82) is 0 Å². The van der Waals surface area contributed by atoms with Gasteiger partial charge in [0, 0.05) is 12.6 Å². The van der Waals surface area contributed by atoms with Crippen LogP contribution in [0.15, 0.2) is 0 Å². The lowest BCUT2D eigenvalue weighted by atomic mass is 10.0. The van der Waals surface area contributed by atoms with Crippen LogP contribution in [0.1, 0.15) is 32.1 Å². The maximum absolute atomic E-state index is 11.9. The Morgan fingerprint density at radius 2 is 2.07 bits per heavy atom. The average molecular weight is 211 g/mol. The van der Waals surface area contributed by atoms with Gasteiger partial charge in [-0.25, -0.2) is 0 Å². The zero-order chi connectivity index (χ0) is 10.5. The second kappa shape index (κ2) is 5.47. The minimum atomic E-state index is 0.0562. The molecule has 15 heavy (non-hydrogen) atoms. The third kappa shape index (κ3) is 3.18. The van der Waals surface area contributed by atoms with Gasteiger partial charge in [-0.2, -0.15) is 0 Å². The summed E-state index contributed by atoms with van der Waals surface area (Å²) in [7, 11) is 0. The van der Waals surface area contributed by atoms with E-state index in [0.717, 1.165) is 32.5 Å². The van der Waals surface area contributed by atoms with Gasteiger partial charge in [-0.3, -0.25) is 4.79 Å². The standard InChI is InChI=1S/C11H21N3O/c15-11(10-5-1-2-7-13-10)14-9-4-3-6-12-8-9/h9-10,12-13H,1-8H2,(H,14,15). The van der Waals surface area contributed by atoms with Crippen LogP contribution in [0, 0.1) is 0 Å². The molecule has 2 saturated heterocycles. The summed E-state index contributed by atoms with van der Waals surface area (Å²) in [6.45, 7) is 3.01. The van der Waals surface area contributed by atoms with Crippen LogP contribution in [0.3, 0.4) is 0 Å². The summed E-state index contributed by atoms with van der Waals surface area (Å²) in [5, 5.41) is 9.71. The van der Waals surface area contributed by atoms with Crippen LogP contribution in [0.25, 0.3) is 0 Å². The molecule has 2 heterocycles. The van der Waals surface area contributed by atoms with Crippen LogP contribution in [-0.4, -0.2) is 37.6 Å². The zero-order valence-corrected chi connectivity index (χ0v) is 9.22. The van der Waals surface area contributed by atoms with Gasteiger partial charge >= 0.3 is 0 Å². The summed E-state index contributed by atoms with van der Waals surface area (Å²) in [6.07, 6.45) is 5.66. The molecule has 2 fully saturated rings. The number of nitrogens with one attached hydrogen (secondary N) is 3. The molecule has 0 saturated carbocycles. The summed E-state index contributed by atoms with van der Waals surface area (Å²) >= 11 is 0. The molecule has 1 amide bonds. The van der Waals surface area contributed by atoms with Gasteiger partial charge in [0.1, 0.15) is 0 Å². The Kier molecular flexibility index (Phi) is 3.97. The maximum atomic E-state index is 11.9. The van der Waals surface area contributed by atoms with E-state index in [0.29, 0.717) is 6.04 Å².